The Labute approximate surface area is 183 Å². The van der Waals surface area contributed by atoms with E-state index < -0.39 is 61.4 Å². The molecule has 0 amide bonds. The van der Waals surface area contributed by atoms with Crippen LogP contribution >= 0.6 is 0 Å². The fourth-order valence-electron chi connectivity index (χ4n) is 3.55. The summed E-state index contributed by atoms with van der Waals surface area (Å²) in [5.41, 5.74) is 0.643. The van der Waals surface area contributed by atoms with E-state index in [2.05, 4.69) is 0 Å². The molecule has 12 nitrogen and oxygen atoms in total. The lowest BCUT2D eigenvalue weighted by atomic mass is 9.98. The molecule has 2 fully saturated rings. The van der Waals surface area contributed by atoms with Gasteiger partial charge in [0.1, 0.15) is 42.7 Å². The van der Waals surface area contributed by atoms with Crippen molar-refractivity contribution in [3.05, 3.63) is 23.8 Å². The first kappa shape index (κ1) is 25.1. The Morgan fingerprint density at radius 1 is 0.750 bits per heavy atom. The third-order valence-electron chi connectivity index (χ3n) is 5.61. The molecule has 0 bridgehead atoms. The Balaban J connectivity index is 1.54. The van der Waals surface area contributed by atoms with Gasteiger partial charge in [0.2, 0.25) is 0 Å². The van der Waals surface area contributed by atoms with Gasteiger partial charge in [-0.05, 0) is 31.0 Å². The van der Waals surface area contributed by atoms with Crippen LogP contribution in [-0.4, -0.2) is 115 Å². The van der Waals surface area contributed by atoms with Crippen molar-refractivity contribution in [2.75, 3.05) is 13.2 Å². The lowest BCUT2D eigenvalue weighted by molar-refractivity contribution is -0.327. The molecule has 32 heavy (non-hydrogen) atoms. The Kier molecular flexibility index (Phi) is 8.27. The van der Waals surface area contributed by atoms with E-state index in [9.17, 15) is 40.9 Å². The predicted octanol–water partition coefficient (Wildman–Crippen LogP) is -2.69. The summed E-state index contributed by atoms with van der Waals surface area (Å²) in [6, 6.07) is 4.25. The van der Waals surface area contributed by atoms with E-state index in [0.717, 1.165) is 0 Å². The number of aliphatic hydroxyl groups is 6. The molecule has 2 aliphatic heterocycles. The highest BCUT2D eigenvalue weighted by molar-refractivity contribution is 5.40. The topological polar surface area (TPSA) is 199 Å². The zero-order valence-electron chi connectivity index (χ0n) is 17.3. The summed E-state index contributed by atoms with van der Waals surface area (Å²) in [6.07, 6.45) is -13.4. The highest BCUT2D eigenvalue weighted by Crippen LogP contribution is 2.27. The van der Waals surface area contributed by atoms with Gasteiger partial charge in [-0.1, -0.05) is 6.07 Å². The number of benzene rings is 1. The van der Waals surface area contributed by atoms with E-state index in [-0.39, 0.29) is 24.7 Å². The van der Waals surface area contributed by atoms with Crippen LogP contribution < -0.4 is 0 Å². The molecule has 2 saturated heterocycles. The number of rotatable bonds is 7. The maximum atomic E-state index is 10.2. The average molecular weight is 462 g/mol. The minimum Gasteiger partial charge on any atom is -0.504 e. The fraction of sp³-hybridized carbons (Fsp3) is 0.700. The monoisotopic (exact) mass is 462 g/mol. The van der Waals surface area contributed by atoms with Gasteiger partial charge < -0.3 is 59.8 Å². The molecule has 0 aromatic heterocycles. The van der Waals surface area contributed by atoms with Gasteiger partial charge in [-0.3, -0.25) is 0 Å². The van der Waals surface area contributed by atoms with Gasteiger partial charge in [-0.2, -0.15) is 0 Å². The van der Waals surface area contributed by atoms with Crippen molar-refractivity contribution in [3.8, 4) is 11.5 Å². The second-order valence-corrected chi connectivity index (χ2v) is 7.97. The standard InChI is InChI=1S/C20H30O12/c1-8-13(23)15(25)17(27)20(31-8)30-7-12-14(24)16(26)18(28)19(32-12)29-5-4-9-2-3-10(21)11(22)6-9/h2-3,6,8,12-28H,4-5,7H2,1H3/t8-,12+,13-,14+,15+,16-,17+,18+,19+,20?/m0/s1. The van der Waals surface area contributed by atoms with E-state index in [1.54, 1.807) is 6.07 Å². The van der Waals surface area contributed by atoms with E-state index in [0.29, 0.717) is 12.0 Å². The number of hydrogen-bond acceptors (Lipinski definition) is 12. The molecular formula is C20H30O12. The fourth-order valence-corrected chi connectivity index (χ4v) is 3.55. The maximum absolute atomic E-state index is 10.2. The van der Waals surface area contributed by atoms with Gasteiger partial charge in [0.05, 0.1) is 19.3 Å². The normalized spacial score (nSPS) is 40.3. The van der Waals surface area contributed by atoms with Crippen LogP contribution in [0.15, 0.2) is 18.2 Å². The van der Waals surface area contributed by atoms with Crippen LogP contribution in [0.4, 0.5) is 0 Å². The minimum atomic E-state index is -1.61. The number of aliphatic hydroxyl groups excluding tert-OH is 6. The van der Waals surface area contributed by atoms with Crippen LogP contribution in [0, 0.1) is 0 Å². The first-order valence-corrected chi connectivity index (χ1v) is 10.2. The molecule has 2 heterocycles. The zero-order valence-corrected chi connectivity index (χ0v) is 17.3. The predicted molar refractivity (Wildman–Crippen MR) is 104 cm³/mol. The van der Waals surface area contributed by atoms with Crippen LogP contribution in [0.5, 0.6) is 11.5 Å². The molecule has 3 rings (SSSR count). The van der Waals surface area contributed by atoms with Crippen molar-refractivity contribution < 1.29 is 59.8 Å². The molecule has 182 valence electrons. The van der Waals surface area contributed by atoms with Gasteiger partial charge in [-0.25, -0.2) is 0 Å². The summed E-state index contributed by atoms with van der Waals surface area (Å²) in [5.74, 6) is -0.546. The van der Waals surface area contributed by atoms with E-state index >= 15 is 0 Å². The van der Waals surface area contributed by atoms with Crippen LogP contribution in [0.2, 0.25) is 0 Å². The summed E-state index contributed by atoms with van der Waals surface area (Å²) < 4.78 is 21.7. The van der Waals surface area contributed by atoms with Crippen LogP contribution in [0.25, 0.3) is 0 Å². The lowest BCUT2D eigenvalue weighted by Crippen LogP contribution is -2.61. The molecule has 1 aromatic carbocycles. The molecule has 0 radical (unpaired) electrons. The van der Waals surface area contributed by atoms with E-state index in [1.807, 2.05) is 0 Å². The number of hydrogen-bond donors (Lipinski definition) is 8. The molecule has 0 saturated carbocycles. The van der Waals surface area contributed by atoms with Gasteiger partial charge >= 0.3 is 0 Å². The molecule has 2 aliphatic rings. The SMILES string of the molecule is C[C@@H]1OC(OC[C@H]2O[C@@H](OCCc3ccc(O)c(O)c3)[C@H](O)[C@@H](O)[C@@H]2O)[C@H](O)[C@H](O)[C@H]1O. The zero-order chi connectivity index (χ0) is 23.6. The number of phenolic OH excluding ortho intramolecular Hbond substituents is 2. The van der Waals surface area contributed by atoms with Crippen molar-refractivity contribution in [2.24, 2.45) is 0 Å². The molecule has 12 heteroatoms. The average Bonchev–Trinajstić information content (AvgIpc) is 2.77. The number of aromatic hydroxyl groups is 2. The molecule has 0 spiro atoms. The van der Waals surface area contributed by atoms with Crippen molar-refractivity contribution in [1.82, 2.24) is 0 Å². The Bertz CT molecular complexity index is 747. The largest absolute Gasteiger partial charge is 0.504 e. The first-order chi connectivity index (χ1) is 15.1. The maximum Gasteiger partial charge on any atom is 0.186 e. The Morgan fingerprint density at radius 2 is 1.38 bits per heavy atom. The quantitative estimate of drug-likeness (QED) is 0.196. The molecule has 0 aliphatic carbocycles. The van der Waals surface area contributed by atoms with E-state index in [1.165, 1.54) is 19.1 Å². The minimum absolute atomic E-state index is 0.0222. The first-order valence-electron chi connectivity index (χ1n) is 10.2. The Morgan fingerprint density at radius 3 is 2.03 bits per heavy atom. The lowest BCUT2D eigenvalue weighted by Gasteiger charge is -2.42. The van der Waals surface area contributed by atoms with Gasteiger partial charge in [0.25, 0.3) is 0 Å². The van der Waals surface area contributed by atoms with Crippen molar-refractivity contribution in [2.45, 2.75) is 74.8 Å². The number of phenols is 2. The highest BCUT2D eigenvalue weighted by atomic mass is 16.7. The summed E-state index contributed by atoms with van der Waals surface area (Å²) in [6.45, 7) is 1.13. The molecule has 1 unspecified atom stereocenters. The van der Waals surface area contributed by atoms with Crippen molar-refractivity contribution in [1.29, 1.82) is 0 Å². The summed E-state index contributed by atoms with van der Waals surface area (Å²) in [5, 5.41) is 79.0. The van der Waals surface area contributed by atoms with E-state index in [4.69, 9.17) is 18.9 Å². The van der Waals surface area contributed by atoms with Crippen LogP contribution in [0.1, 0.15) is 12.5 Å². The Hall–Kier alpha value is -1.58. The summed E-state index contributed by atoms with van der Waals surface area (Å²) in [7, 11) is 0. The second-order valence-electron chi connectivity index (χ2n) is 7.97. The molecule has 10 atom stereocenters. The molecule has 8 N–H and O–H groups in total. The van der Waals surface area contributed by atoms with Crippen LogP contribution in [0.3, 0.4) is 0 Å². The van der Waals surface area contributed by atoms with Crippen molar-refractivity contribution in [3.63, 3.8) is 0 Å². The molecule has 1 aromatic rings. The third-order valence-corrected chi connectivity index (χ3v) is 5.61. The highest BCUT2D eigenvalue weighted by Gasteiger charge is 2.46. The van der Waals surface area contributed by atoms with Gasteiger partial charge in [0.15, 0.2) is 24.1 Å². The molecular weight excluding hydrogens is 432 g/mol. The van der Waals surface area contributed by atoms with Gasteiger partial charge in [0, 0.05) is 0 Å². The number of ether oxygens (including phenoxy) is 4. The smallest absolute Gasteiger partial charge is 0.186 e. The summed E-state index contributed by atoms with van der Waals surface area (Å²) >= 11 is 0. The van der Waals surface area contributed by atoms with Crippen molar-refractivity contribution >= 4 is 0 Å². The second kappa shape index (κ2) is 10.6. The van der Waals surface area contributed by atoms with Crippen LogP contribution in [-0.2, 0) is 25.4 Å². The van der Waals surface area contributed by atoms with Gasteiger partial charge in [-0.15, -0.1) is 0 Å². The third kappa shape index (κ3) is 5.48. The summed E-state index contributed by atoms with van der Waals surface area (Å²) in [4.78, 5) is 0.